The molecule has 0 fully saturated rings. The van der Waals surface area contributed by atoms with Gasteiger partial charge >= 0.3 is 0 Å². The molecule has 1 N–H and O–H groups in total. The van der Waals surface area contributed by atoms with Crippen LogP contribution in [-0.2, 0) is 6.54 Å². The van der Waals surface area contributed by atoms with Crippen molar-refractivity contribution in [2.45, 2.75) is 13.5 Å². The molecule has 0 atom stereocenters. The van der Waals surface area contributed by atoms with Crippen LogP contribution in [0.2, 0.25) is 0 Å². The number of pyridine rings is 2. The van der Waals surface area contributed by atoms with Crippen LogP contribution in [0.5, 0.6) is 0 Å². The van der Waals surface area contributed by atoms with E-state index in [4.69, 9.17) is 0 Å². The van der Waals surface area contributed by atoms with Gasteiger partial charge in [-0.15, -0.1) is 0 Å². The Morgan fingerprint density at radius 1 is 1.09 bits per heavy atom. The predicted octanol–water partition coefficient (Wildman–Crippen LogP) is 5.07. The third-order valence-corrected chi connectivity index (χ3v) is 5.56. The lowest BCUT2D eigenvalue weighted by Gasteiger charge is -2.11. The minimum Gasteiger partial charge on any atom is -0.333 e. The number of carbonyl (C=O) groups is 1. The van der Waals surface area contributed by atoms with Crippen molar-refractivity contribution >= 4 is 27.6 Å². The topological polar surface area (TPSA) is 67.8 Å². The summed E-state index contributed by atoms with van der Waals surface area (Å²) in [4.78, 5) is 32.8. The van der Waals surface area contributed by atoms with Gasteiger partial charge in [0.25, 0.3) is 5.56 Å². The summed E-state index contributed by atoms with van der Waals surface area (Å²) in [6.45, 7) is 1.31. The van der Waals surface area contributed by atoms with Gasteiger partial charge in [0, 0.05) is 46.8 Å². The quantitative estimate of drug-likeness (QED) is 0.406. The van der Waals surface area contributed by atoms with Gasteiger partial charge in [-0.1, -0.05) is 12.1 Å². The molecule has 5 rings (SSSR count). The van der Waals surface area contributed by atoms with Gasteiger partial charge in [0.1, 0.15) is 11.6 Å². The molecule has 0 radical (unpaired) electrons. The van der Waals surface area contributed by atoms with Crippen LogP contribution in [0.1, 0.15) is 23.0 Å². The monoisotopic (exact) mass is 429 g/mol. The highest BCUT2D eigenvalue weighted by atomic mass is 19.1. The molecule has 0 bridgehead atoms. The molecule has 0 aliphatic carbocycles. The van der Waals surface area contributed by atoms with E-state index in [1.807, 2.05) is 18.2 Å². The van der Waals surface area contributed by atoms with Gasteiger partial charge in [0.05, 0.1) is 23.3 Å². The summed E-state index contributed by atoms with van der Waals surface area (Å²) in [7, 11) is 0. The minimum atomic E-state index is -0.583. The van der Waals surface area contributed by atoms with E-state index >= 15 is 0 Å². The number of rotatable bonds is 4. The van der Waals surface area contributed by atoms with Crippen LogP contribution in [0.3, 0.4) is 0 Å². The summed E-state index contributed by atoms with van der Waals surface area (Å²) in [5.74, 6) is -1.46. The van der Waals surface area contributed by atoms with Gasteiger partial charge < -0.3 is 9.55 Å². The number of Topliss-reactive ketones (excluding diaryl/α,β-unsaturated/α-hetero) is 1. The molecule has 5 aromatic rings. The molecule has 0 spiro atoms. The van der Waals surface area contributed by atoms with Crippen molar-refractivity contribution in [3.05, 3.63) is 100 Å². The molecule has 158 valence electrons. The standard InChI is InChI=1S/C25H17F2N3O2/c1-14(31)24-21(18-5-3-11-29-25(18)32)22-20(9-6-15-4-2-10-28-23(15)22)30(24)13-16-12-17(26)7-8-19(16)27/h2-12H,13H2,1H3,(H,29,32). The van der Waals surface area contributed by atoms with Gasteiger partial charge in [-0.05, 0) is 42.5 Å². The third kappa shape index (κ3) is 3.10. The van der Waals surface area contributed by atoms with Crippen LogP contribution in [-0.4, -0.2) is 20.3 Å². The molecule has 0 saturated heterocycles. The van der Waals surface area contributed by atoms with Crippen LogP contribution >= 0.6 is 0 Å². The van der Waals surface area contributed by atoms with Crippen molar-refractivity contribution in [2.24, 2.45) is 0 Å². The first-order valence-corrected chi connectivity index (χ1v) is 9.98. The summed E-state index contributed by atoms with van der Waals surface area (Å²) in [5.41, 5.74) is 1.92. The number of nitrogens with zero attached hydrogens (tertiary/aromatic N) is 2. The number of aromatic nitrogens is 3. The van der Waals surface area contributed by atoms with Gasteiger partial charge in [-0.3, -0.25) is 14.6 Å². The highest BCUT2D eigenvalue weighted by molar-refractivity contribution is 6.18. The van der Waals surface area contributed by atoms with Gasteiger partial charge in [-0.25, -0.2) is 8.78 Å². The molecule has 5 nitrogen and oxygen atoms in total. The predicted molar refractivity (Wildman–Crippen MR) is 119 cm³/mol. The average Bonchev–Trinajstić information content (AvgIpc) is 3.11. The van der Waals surface area contributed by atoms with E-state index < -0.39 is 11.6 Å². The summed E-state index contributed by atoms with van der Waals surface area (Å²) in [6.07, 6.45) is 3.15. The van der Waals surface area contributed by atoms with Crippen molar-refractivity contribution in [3.8, 4) is 11.1 Å². The van der Waals surface area contributed by atoms with Crippen molar-refractivity contribution in [1.82, 2.24) is 14.5 Å². The lowest BCUT2D eigenvalue weighted by atomic mass is 10.00. The summed E-state index contributed by atoms with van der Waals surface area (Å²) in [5, 5.41) is 1.44. The fourth-order valence-electron chi connectivity index (χ4n) is 4.23. The van der Waals surface area contributed by atoms with Crippen LogP contribution < -0.4 is 5.56 Å². The second-order valence-corrected chi connectivity index (χ2v) is 7.55. The molecule has 0 amide bonds. The average molecular weight is 429 g/mol. The maximum absolute atomic E-state index is 14.5. The lowest BCUT2D eigenvalue weighted by molar-refractivity contribution is 0.101. The van der Waals surface area contributed by atoms with E-state index in [-0.39, 0.29) is 29.1 Å². The SMILES string of the molecule is CC(=O)c1c(-c2ccc[nH]c2=O)c2c3ncccc3ccc2n1Cc1cc(F)ccc1F. The maximum atomic E-state index is 14.5. The number of fused-ring (bicyclic) bond motifs is 3. The first-order valence-electron chi connectivity index (χ1n) is 9.98. The van der Waals surface area contributed by atoms with Crippen molar-refractivity contribution in [3.63, 3.8) is 0 Å². The molecule has 0 aliphatic rings. The Bertz CT molecular complexity index is 1580. The van der Waals surface area contributed by atoms with E-state index in [1.165, 1.54) is 13.1 Å². The van der Waals surface area contributed by atoms with Crippen LogP contribution in [0.4, 0.5) is 8.78 Å². The van der Waals surface area contributed by atoms with E-state index in [0.717, 1.165) is 23.6 Å². The molecule has 7 heteroatoms. The lowest BCUT2D eigenvalue weighted by Crippen LogP contribution is -2.13. The number of nitrogens with one attached hydrogen (secondary N) is 1. The van der Waals surface area contributed by atoms with E-state index in [1.54, 1.807) is 29.0 Å². The number of aromatic amines is 1. The molecule has 0 unspecified atom stereocenters. The Labute approximate surface area is 181 Å². The second kappa shape index (κ2) is 7.53. The van der Waals surface area contributed by atoms with Crippen molar-refractivity contribution in [2.75, 3.05) is 0 Å². The van der Waals surface area contributed by atoms with Gasteiger partial charge in [0.15, 0.2) is 5.78 Å². The zero-order valence-corrected chi connectivity index (χ0v) is 17.0. The summed E-state index contributed by atoms with van der Waals surface area (Å²) in [6, 6.07) is 13.9. The summed E-state index contributed by atoms with van der Waals surface area (Å²) >= 11 is 0. The van der Waals surface area contributed by atoms with E-state index in [9.17, 15) is 18.4 Å². The fraction of sp³-hybridized carbons (Fsp3) is 0.0800. The van der Waals surface area contributed by atoms with Crippen LogP contribution in [0.25, 0.3) is 32.9 Å². The molecular formula is C25H17F2N3O2. The zero-order chi connectivity index (χ0) is 22.4. The normalized spacial score (nSPS) is 11.3. The largest absolute Gasteiger partial charge is 0.333 e. The fourth-order valence-corrected chi connectivity index (χ4v) is 4.23. The van der Waals surface area contributed by atoms with Crippen LogP contribution in [0.15, 0.2) is 71.8 Å². The Balaban J connectivity index is 1.95. The molecule has 3 heterocycles. The molecular weight excluding hydrogens is 412 g/mol. The Morgan fingerprint density at radius 3 is 2.72 bits per heavy atom. The van der Waals surface area contributed by atoms with Crippen molar-refractivity contribution < 1.29 is 13.6 Å². The first kappa shape index (κ1) is 19.8. The number of hydrogen-bond acceptors (Lipinski definition) is 3. The number of hydrogen-bond donors (Lipinski definition) is 1. The Kier molecular flexibility index (Phi) is 4.66. The number of H-pyrrole nitrogens is 1. The van der Waals surface area contributed by atoms with Gasteiger partial charge in [0.2, 0.25) is 0 Å². The molecule has 0 saturated carbocycles. The summed E-state index contributed by atoms with van der Waals surface area (Å²) < 4.78 is 30.0. The maximum Gasteiger partial charge on any atom is 0.255 e. The smallest absolute Gasteiger partial charge is 0.255 e. The number of ketones is 1. The Hall–Kier alpha value is -4.13. The number of carbonyl (C=O) groups excluding carboxylic acids is 1. The number of benzene rings is 2. The molecule has 2 aromatic carbocycles. The van der Waals surface area contributed by atoms with E-state index in [2.05, 4.69) is 9.97 Å². The molecule has 32 heavy (non-hydrogen) atoms. The molecule has 3 aromatic heterocycles. The second-order valence-electron chi connectivity index (χ2n) is 7.55. The number of halogens is 2. The molecule has 0 aliphatic heterocycles. The minimum absolute atomic E-state index is 0.0852. The highest BCUT2D eigenvalue weighted by Gasteiger charge is 2.25. The third-order valence-electron chi connectivity index (χ3n) is 5.56. The van der Waals surface area contributed by atoms with Gasteiger partial charge in [-0.2, -0.15) is 0 Å². The van der Waals surface area contributed by atoms with Crippen LogP contribution in [0, 0.1) is 11.6 Å². The zero-order valence-electron chi connectivity index (χ0n) is 17.0. The van der Waals surface area contributed by atoms with E-state index in [0.29, 0.717) is 27.5 Å². The Morgan fingerprint density at radius 2 is 1.94 bits per heavy atom. The highest BCUT2D eigenvalue weighted by Crippen LogP contribution is 2.38. The first-order chi connectivity index (χ1) is 15.5. The van der Waals surface area contributed by atoms with Crippen molar-refractivity contribution in [1.29, 1.82) is 0 Å².